The fourth-order valence-electron chi connectivity index (χ4n) is 3.13. The zero-order valence-corrected chi connectivity index (χ0v) is 12.9. The van der Waals surface area contributed by atoms with Crippen molar-refractivity contribution in [2.75, 3.05) is 0 Å². The van der Waals surface area contributed by atoms with Crippen LogP contribution in [-0.4, -0.2) is 23.0 Å². The van der Waals surface area contributed by atoms with E-state index in [2.05, 4.69) is 10.6 Å². The van der Waals surface area contributed by atoms with Crippen LogP contribution in [0.15, 0.2) is 12.1 Å². The van der Waals surface area contributed by atoms with Crippen LogP contribution in [0, 0.1) is 5.92 Å². The highest BCUT2D eigenvalue weighted by atomic mass is 35.5. The summed E-state index contributed by atoms with van der Waals surface area (Å²) in [6, 6.07) is 3.67. The summed E-state index contributed by atoms with van der Waals surface area (Å²) in [4.78, 5) is 22.8. The van der Waals surface area contributed by atoms with Crippen molar-refractivity contribution in [3.63, 3.8) is 0 Å². The molecule has 3 rings (SSSR count). The molecular formula is C16H19ClN2O3. The monoisotopic (exact) mass is 322 g/mol. The molecule has 0 radical (unpaired) electrons. The van der Waals surface area contributed by atoms with E-state index >= 15 is 0 Å². The number of hydrogen-bond donors (Lipinski definition) is 3. The minimum atomic E-state index is -0.782. The molecule has 118 valence electrons. The van der Waals surface area contributed by atoms with Gasteiger partial charge in [0.05, 0.1) is 6.42 Å². The molecule has 22 heavy (non-hydrogen) atoms. The standard InChI is InChI=1S/C16H19ClN2O3/c17-13-5-9(4-11-12(13)8-19-16(11)22)7-18-14(6-15(20)21)10-2-1-3-10/h4-5,10,14,18H,1-3,6-8H2,(H,19,22)(H,20,21). The topological polar surface area (TPSA) is 78.4 Å². The number of carbonyl (C=O) groups is 2. The number of aliphatic carboxylic acids is 1. The Hall–Kier alpha value is -1.59. The van der Waals surface area contributed by atoms with E-state index in [-0.39, 0.29) is 18.4 Å². The van der Waals surface area contributed by atoms with Gasteiger partial charge in [0.15, 0.2) is 0 Å². The van der Waals surface area contributed by atoms with E-state index in [1.54, 1.807) is 0 Å². The first-order chi connectivity index (χ1) is 10.5. The number of carboxylic acids is 1. The molecule has 3 N–H and O–H groups in total. The van der Waals surface area contributed by atoms with Crippen LogP contribution in [0.25, 0.3) is 0 Å². The van der Waals surface area contributed by atoms with Gasteiger partial charge in [-0.3, -0.25) is 9.59 Å². The highest BCUT2D eigenvalue weighted by Crippen LogP contribution is 2.31. The van der Waals surface area contributed by atoms with Crippen molar-refractivity contribution in [1.82, 2.24) is 10.6 Å². The molecule has 1 unspecified atom stereocenters. The van der Waals surface area contributed by atoms with Gasteiger partial charge < -0.3 is 15.7 Å². The van der Waals surface area contributed by atoms with Crippen molar-refractivity contribution >= 4 is 23.5 Å². The van der Waals surface area contributed by atoms with E-state index in [0.717, 1.165) is 24.0 Å². The van der Waals surface area contributed by atoms with Crippen LogP contribution in [-0.2, 0) is 17.9 Å². The fraction of sp³-hybridized carbons (Fsp3) is 0.500. The van der Waals surface area contributed by atoms with Gasteiger partial charge in [-0.05, 0) is 36.5 Å². The molecule has 1 aliphatic heterocycles. The molecular weight excluding hydrogens is 304 g/mol. The molecule has 1 aromatic carbocycles. The van der Waals surface area contributed by atoms with E-state index in [9.17, 15) is 9.59 Å². The van der Waals surface area contributed by atoms with Crippen LogP contribution >= 0.6 is 11.6 Å². The van der Waals surface area contributed by atoms with E-state index < -0.39 is 5.97 Å². The SMILES string of the molecule is O=C(O)CC(NCc1cc(Cl)c2c(c1)C(=O)NC2)C1CCC1. The number of rotatable bonds is 6. The molecule has 0 bridgehead atoms. The highest BCUT2D eigenvalue weighted by molar-refractivity contribution is 6.32. The number of hydrogen-bond acceptors (Lipinski definition) is 3. The first-order valence-corrected chi connectivity index (χ1v) is 7.97. The molecule has 1 fully saturated rings. The Morgan fingerprint density at radius 3 is 2.86 bits per heavy atom. The van der Waals surface area contributed by atoms with Crippen LogP contribution in [0.3, 0.4) is 0 Å². The molecule has 0 saturated heterocycles. The number of nitrogens with one attached hydrogen (secondary N) is 2. The smallest absolute Gasteiger partial charge is 0.304 e. The summed E-state index contributed by atoms with van der Waals surface area (Å²) in [6.07, 6.45) is 3.47. The van der Waals surface area contributed by atoms with Gasteiger partial charge in [0.25, 0.3) is 5.91 Å². The van der Waals surface area contributed by atoms with Crippen LogP contribution in [0.5, 0.6) is 0 Å². The average molecular weight is 323 g/mol. The van der Waals surface area contributed by atoms with Crippen molar-refractivity contribution in [2.45, 2.75) is 44.8 Å². The zero-order chi connectivity index (χ0) is 15.7. The van der Waals surface area contributed by atoms with Gasteiger partial charge in [0, 0.05) is 35.3 Å². The van der Waals surface area contributed by atoms with E-state index in [1.165, 1.54) is 6.42 Å². The van der Waals surface area contributed by atoms with E-state index in [1.807, 2.05) is 12.1 Å². The Morgan fingerprint density at radius 1 is 1.45 bits per heavy atom. The van der Waals surface area contributed by atoms with Crippen LogP contribution in [0.4, 0.5) is 0 Å². The predicted molar refractivity (Wildman–Crippen MR) is 82.8 cm³/mol. The Labute approximate surface area is 134 Å². The molecule has 1 atom stereocenters. The molecule has 5 nitrogen and oxygen atoms in total. The number of halogens is 1. The Bertz CT molecular complexity index is 614. The van der Waals surface area contributed by atoms with Crippen molar-refractivity contribution < 1.29 is 14.7 Å². The molecule has 6 heteroatoms. The summed E-state index contributed by atoms with van der Waals surface area (Å²) >= 11 is 6.23. The van der Waals surface area contributed by atoms with Crippen LogP contribution in [0.1, 0.15) is 47.2 Å². The molecule has 1 aliphatic carbocycles. The molecule has 1 amide bonds. The quantitative estimate of drug-likeness (QED) is 0.751. The molecule has 0 spiro atoms. The summed E-state index contributed by atoms with van der Waals surface area (Å²) in [5.41, 5.74) is 2.38. The number of carboxylic acid groups (broad SMARTS) is 1. The largest absolute Gasteiger partial charge is 0.481 e. The lowest BCUT2D eigenvalue weighted by Gasteiger charge is -2.33. The lowest BCUT2D eigenvalue weighted by atomic mass is 9.78. The van der Waals surface area contributed by atoms with Gasteiger partial charge >= 0.3 is 5.97 Å². The van der Waals surface area contributed by atoms with Gasteiger partial charge in [-0.25, -0.2) is 0 Å². The van der Waals surface area contributed by atoms with Crippen LogP contribution in [0.2, 0.25) is 5.02 Å². The minimum Gasteiger partial charge on any atom is -0.481 e. The lowest BCUT2D eigenvalue weighted by Crippen LogP contribution is -2.40. The summed E-state index contributed by atoms with van der Waals surface area (Å²) in [5.74, 6) is -0.445. The maximum absolute atomic E-state index is 11.7. The zero-order valence-electron chi connectivity index (χ0n) is 12.2. The second-order valence-corrected chi connectivity index (χ2v) is 6.47. The minimum absolute atomic E-state index is 0.0212. The van der Waals surface area contributed by atoms with Crippen molar-refractivity contribution in [2.24, 2.45) is 5.92 Å². The van der Waals surface area contributed by atoms with Crippen molar-refractivity contribution in [1.29, 1.82) is 0 Å². The third kappa shape index (κ3) is 3.10. The van der Waals surface area contributed by atoms with E-state index in [4.69, 9.17) is 16.7 Å². The van der Waals surface area contributed by atoms with Gasteiger partial charge in [0.2, 0.25) is 0 Å². The number of benzene rings is 1. The van der Waals surface area contributed by atoms with Crippen molar-refractivity contribution in [3.8, 4) is 0 Å². The highest BCUT2D eigenvalue weighted by Gasteiger charge is 2.29. The summed E-state index contributed by atoms with van der Waals surface area (Å²) < 4.78 is 0. The number of amides is 1. The van der Waals surface area contributed by atoms with E-state index in [0.29, 0.717) is 29.6 Å². The molecule has 1 saturated carbocycles. The van der Waals surface area contributed by atoms with Gasteiger partial charge in [-0.1, -0.05) is 18.0 Å². The Balaban J connectivity index is 1.70. The summed E-state index contributed by atoms with van der Waals surface area (Å²) in [6.45, 7) is 0.999. The van der Waals surface area contributed by atoms with Gasteiger partial charge in [0.1, 0.15) is 0 Å². The maximum Gasteiger partial charge on any atom is 0.304 e. The first-order valence-electron chi connectivity index (χ1n) is 7.59. The Kier molecular flexibility index (Phi) is 4.36. The Morgan fingerprint density at radius 2 is 2.23 bits per heavy atom. The maximum atomic E-state index is 11.7. The molecule has 1 aromatic rings. The summed E-state index contributed by atoms with van der Waals surface area (Å²) in [7, 11) is 0. The van der Waals surface area contributed by atoms with Crippen molar-refractivity contribution in [3.05, 3.63) is 33.8 Å². The average Bonchev–Trinajstić information content (AvgIpc) is 2.76. The third-order valence-electron chi connectivity index (χ3n) is 4.61. The number of fused-ring (bicyclic) bond motifs is 1. The predicted octanol–water partition coefficient (Wildman–Crippen LogP) is 2.32. The summed E-state index contributed by atoms with van der Waals surface area (Å²) in [5, 5.41) is 15.7. The second-order valence-electron chi connectivity index (χ2n) is 6.06. The van der Waals surface area contributed by atoms with Crippen LogP contribution < -0.4 is 10.6 Å². The van der Waals surface area contributed by atoms with Gasteiger partial charge in [-0.2, -0.15) is 0 Å². The third-order valence-corrected chi connectivity index (χ3v) is 4.94. The first kappa shape index (κ1) is 15.3. The molecule has 1 heterocycles. The second kappa shape index (κ2) is 6.26. The fourth-order valence-corrected chi connectivity index (χ4v) is 3.43. The number of carbonyl (C=O) groups excluding carboxylic acids is 1. The lowest BCUT2D eigenvalue weighted by molar-refractivity contribution is -0.138. The normalized spacial score (nSPS) is 18.5. The molecule has 0 aromatic heterocycles. The van der Waals surface area contributed by atoms with Gasteiger partial charge in [-0.15, -0.1) is 0 Å². The molecule has 2 aliphatic rings.